The SMILES string of the molecule is C[C@@H](c1nc2ccccc2s1)[NH+](C)Cn1nc2n(c1=S)CCCCC2. The fourth-order valence-electron chi connectivity index (χ4n) is 3.39. The van der Waals surface area contributed by atoms with Crippen molar-refractivity contribution in [2.45, 2.75) is 51.9 Å². The molecule has 2 atom stereocenters. The first-order valence-electron chi connectivity index (χ1n) is 8.98. The smallest absolute Gasteiger partial charge is 0.202 e. The Morgan fingerprint density at radius 3 is 2.96 bits per heavy atom. The molecule has 0 saturated carbocycles. The zero-order chi connectivity index (χ0) is 17.4. The van der Waals surface area contributed by atoms with E-state index in [1.807, 2.05) is 10.7 Å². The molecule has 1 aliphatic heterocycles. The number of quaternary nitrogens is 1. The number of benzene rings is 1. The van der Waals surface area contributed by atoms with Crippen molar-refractivity contribution in [3.05, 3.63) is 39.9 Å². The van der Waals surface area contributed by atoms with Crippen molar-refractivity contribution in [1.29, 1.82) is 0 Å². The Balaban J connectivity index is 1.55. The van der Waals surface area contributed by atoms with Gasteiger partial charge in [-0.2, -0.15) is 9.78 Å². The van der Waals surface area contributed by atoms with E-state index in [-0.39, 0.29) is 0 Å². The molecule has 0 saturated heterocycles. The summed E-state index contributed by atoms with van der Waals surface area (Å²) in [6.45, 7) is 4.02. The molecule has 0 aliphatic carbocycles. The van der Waals surface area contributed by atoms with Crippen LogP contribution in [-0.4, -0.2) is 26.4 Å². The molecule has 2 aromatic heterocycles. The number of nitrogens with one attached hydrogen (secondary N) is 1. The fraction of sp³-hybridized carbons (Fsp3) is 0.500. The van der Waals surface area contributed by atoms with Crippen molar-refractivity contribution in [1.82, 2.24) is 19.3 Å². The number of thiazole rings is 1. The predicted molar refractivity (Wildman–Crippen MR) is 104 cm³/mol. The monoisotopic (exact) mass is 374 g/mol. The van der Waals surface area contributed by atoms with Gasteiger partial charge in [0.25, 0.3) is 0 Å². The number of para-hydroxylation sites is 1. The minimum absolute atomic E-state index is 0.306. The van der Waals surface area contributed by atoms with Crippen LogP contribution in [0.3, 0.4) is 0 Å². The molecule has 0 fully saturated rings. The highest BCUT2D eigenvalue weighted by Gasteiger charge is 2.22. The van der Waals surface area contributed by atoms with Gasteiger partial charge in [-0.05, 0) is 44.1 Å². The van der Waals surface area contributed by atoms with E-state index in [2.05, 4.69) is 36.7 Å². The largest absolute Gasteiger partial charge is 0.311 e. The normalized spacial score (nSPS) is 17.2. The third kappa shape index (κ3) is 3.28. The molecule has 4 rings (SSSR count). The molecule has 25 heavy (non-hydrogen) atoms. The van der Waals surface area contributed by atoms with Crippen LogP contribution in [0.15, 0.2) is 24.3 Å². The summed E-state index contributed by atoms with van der Waals surface area (Å²) in [5, 5.41) is 5.98. The minimum Gasteiger partial charge on any atom is -0.311 e. The number of fused-ring (bicyclic) bond motifs is 2. The van der Waals surface area contributed by atoms with Gasteiger partial charge in [-0.25, -0.2) is 4.98 Å². The molecule has 1 aromatic carbocycles. The lowest BCUT2D eigenvalue weighted by Crippen LogP contribution is -3.08. The molecule has 0 amide bonds. The number of rotatable bonds is 4. The van der Waals surface area contributed by atoms with Gasteiger partial charge in [0.15, 0.2) is 11.7 Å². The van der Waals surface area contributed by atoms with Gasteiger partial charge in [-0.1, -0.05) is 18.6 Å². The van der Waals surface area contributed by atoms with Gasteiger partial charge in [0.2, 0.25) is 4.77 Å². The zero-order valence-electron chi connectivity index (χ0n) is 14.7. The molecule has 1 unspecified atom stereocenters. The van der Waals surface area contributed by atoms with Gasteiger partial charge in [0.05, 0.1) is 17.3 Å². The summed E-state index contributed by atoms with van der Waals surface area (Å²) < 4.78 is 6.36. The average molecular weight is 375 g/mol. The molecule has 7 heteroatoms. The highest BCUT2D eigenvalue weighted by atomic mass is 32.1. The van der Waals surface area contributed by atoms with Crippen LogP contribution in [0.5, 0.6) is 0 Å². The topological polar surface area (TPSA) is 40.1 Å². The number of aromatic nitrogens is 4. The van der Waals surface area contributed by atoms with Gasteiger partial charge in [-0.15, -0.1) is 11.3 Å². The van der Waals surface area contributed by atoms with Crippen LogP contribution < -0.4 is 4.90 Å². The molecule has 0 bridgehead atoms. The van der Waals surface area contributed by atoms with Gasteiger partial charge >= 0.3 is 0 Å². The quantitative estimate of drug-likeness (QED) is 0.714. The van der Waals surface area contributed by atoms with Crippen LogP contribution in [0.1, 0.15) is 43.1 Å². The van der Waals surface area contributed by atoms with E-state index in [0.717, 1.165) is 35.7 Å². The molecule has 3 heterocycles. The molecule has 0 spiro atoms. The van der Waals surface area contributed by atoms with Gasteiger partial charge in [0, 0.05) is 13.0 Å². The van der Waals surface area contributed by atoms with Crippen LogP contribution in [0.25, 0.3) is 10.2 Å². The Hall–Kier alpha value is -1.57. The second kappa shape index (κ2) is 6.97. The molecule has 0 radical (unpaired) electrons. The van der Waals surface area contributed by atoms with E-state index in [9.17, 15) is 0 Å². The van der Waals surface area contributed by atoms with E-state index in [4.69, 9.17) is 22.3 Å². The molecule has 1 N–H and O–H groups in total. The second-order valence-corrected chi connectivity index (χ2v) is 8.33. The number of nitrogens with zero attached hydrogens (tertiary/aromatic N) is 4. The molecule has 1 aliphatic rings. The summed E-state index contributed by atoms with van der Waals surface area (Å²) in [7, 11) is 2.20. The van der Waals surface area contributed by atoms with Gasteiger partial charge < -0.3 is 9.47 Å². The average Bonchev–Trinajstić information content (AvgIpc) is 3.07. The maximum atomic E-state index is 5.68. The third-order valence-corrected chi connectivity index (χ3v) is 6.75. The summed E-state index contributed by atoms with van der Waals surface area (Å²) in [5.74, 6) is 1.16. The van der Waals surface area contributed by atoms with Crippen LogP contribution in [0.2, 0.25) is 0 Å². The summed E-state index contributed by atoms with van der Waals surface area (Å²) in [4.78, 5) is 6.16. The van der Waals surface area contributed by atoms with Crippen molar-refractivity contribution >= 4 is 33.8 Å². The van der Waals surface area contributed by atoms with E-state index < -0.39 is 0 Å². The molecule has 5 nitrogen and oxygen atoms in total. The molecule has 3 aromatic rings. The van der Waals surface area contributed by atoms with E-state index in [0.29, 0.717) is 6.04 Å². The number of hydrogen-bond donors (Lipinski definition) is 1. The first-order chi connectivity index (χ1) is 12.1. The van der Waals surface area contributed by atoms with Gasteiger partial charge in [0.1, 0.15) is 11.9 Å². The number of aryl methyl sites for hydroxylation is 1. The Bertz CT molecular complexity index is 905. The summed E-state index contributed by atoms with van der Waals surface area (Å²) in [6, 6.07) is 8.65. The van der Waals surface area contributed by atoms with E-state index in [1.54, 1.807) is 11.3 Å². The lowest BCUT2D eigenvalue weighted by Gasteiger charge is -2.19. The maximum absolute atomic E-state index is 5.68. The Labute approximate surface area is 156 Å². The van der Waals surface area contributed by atoms with E-state index >= 15 is 0 Å². The first kappa shape index (κ1) is 16.9. The molecular formula is C18H24N5S2+. The summed E-state index contributed by atoms with van der Waals surface area (Å²) in [6.07, 6.45) is 4.75. The summed E-state index contributed by atoms with van der Waals surface area (Å²) >= 11 is 7.47. The number of hydrogen-bond acceptors (Lipinski definition) is 4. The van der Waals surface area contributed by atoms with Crippen molar-refractivity contribution in [2.24, 2.45) is 0 Å². The van der Waals surface area contributed by atoms with Crippen LogP contribution in [-0.2, 0) is 19.6 Å². The highest BCUT2D eigenvalue weighted by Crippen LogP contribution is 2.24. The van der Waals surface area contributed by atoms with E-state index in [1.165, 1.54) is 33.9 Å². The maximum Gasteiger partial charge on any atom is 0.202 e. The Morgan fingerprint density at radius 1 is 1.28 bits per heavy atom. The zero-order valence-corrected chi connectivity index (χ0v) is 16.4. The second-order valence-electron chi connectivity index (χ2n) is 6.91. The molecule has 132 valence electrons. The first-order valence-corrected chi connectivity index (χ1v) is 10.2. The van der Waals surface area contributed by atoms with Crippen molar-refractivity contribution in [2.75, 3.05) is 7.05 Å². The third-order valence-electron chi connectivity index (χ3n) is 5.10. The van der Waals surface area contributed by atoms with Crippen LogP contribution >= 0.6 is 23.6 Å². The standard InChI is InChI=1S/C18H23N5S2/c1-13(17-19-14-8-5-6-9-15(14)25-17)21(2)12-23-18(24)22-11-7-3-4-10-16(22)20-23/h5-6,8-9,13H,3-4,7,10-12H2,1-2H3/p+1/t13-/m0/s1. The lowest BCUT2D eigenvalue weighted by atomic mass is 10.2. The molecular weight excluding hydrogens is 350 g/mol. The highest BCUT2D eigenvalue weighted by molar-refractivity contribution is 7.71. The van der Waals surface area contributed by atoms with Crippen molar-refractivity contribution in [3.63, 3.8) is 0 Å². The Morgan fingerprint density at radius 2 is 2.12 bits per heavy atom. The lowest BCUT2D eigenvalue weighted by molar-refractivity contribution is -0.933. The minimum atomic E-state index is 0.306. The van der Waals surface area contributed by atoms with Crippen LogP contribution in [0.4, 0.5) is 0 Å². The van der Waals surface area contributed by atoms with Crippen LogP contribution in [0, 0.1) is 4.77 Å². The van der Waals surface area contributed by atoms with Gasteiger partial charge in [-0.3, -0.25) is 0 Å². The van der Waals surface area contributed by atoms with Crippen molar-refractivity contribution < 1.29 is 4.90 Å². The Kier molecular flexibility index (Phi) is 4.71. The fourth-order valence-corrected chi connectivity index (χ4v) is 4.80. The summed E-state index contributed by atoms with van der Waals surface area (Å²) in [5.41, 5.74) is 1.09. The predicted octanol–water partition coefficient (Wildman–Crippen LogP) is 2.98. The van der Waals surface area contributed by atoms with Crippen molar-refractivity contribution in [3.8, 4) is 0 Å².